The van der Waals surface area contributed by atoms with Gasteiger partial charge in [0.15, 0.2) is 11.0 Å². The van der Waals surface area contributed by atoms with Gasteiger partial charge in [-0.2, -0.15) is 0 Å². The molecule has 4 aromatic rings. The molecule has 35 heavy (non-hydrogen) atoms. The Hall–Kier alpha value is -3.10. The first-order chi connectivity index (χ1) is 16.9. The van der Waals surface area contributed by atoms with E-state index in [4.69, 9.17) is 4.74 Å². The summed E-state index contributed by atoms with van der Waals surface area (Å²) in [5, 5.41) is 13.9. The molecule has 0 saturated carbocycles. The maximum Gasteiger partial charge on any atom is 0.234 e. The largest absolute Gasteiger partial charge is 0.376 e. The van der Waals surface area contributed by atoms with Crippen LogP contribution in [-0.2, 0) is 21.5 Å². The average Bonchev–Trinajstić information content (AvgIpc) is 3.58. The van der Waals surface area contributed by atoms with Crippen molar-refractivity contribution in [3.63, 3.8) is 0 Å². The van der Waals surface area contributed by atoms with Crippen LogP contribution in [0.25, 0.3) is 22.3 Å². The van der Waals surface area contributed by atoms with Gasteiger partial charge in [0.2, 0.25) is 5.91 Å². The van der Waals surface area contributed by atoms with Gasteiger partial charge in [-0.15, -0.1) is 10.2 Å². The Morgan fingerprint density at radius 2 is 1.97 bits per heavy atom. The number of H-pyrrole nitrogens is 1. The van der Waals surface area contributed by atoms with Crippen molar-refractivity contribution in [3.05, 3.63) is 60.3 Å². The molecule has 1 saturated heterocycles. The van der Waals surface area contributed by atoms with Crippen LogP contribution in [-0.4, -0.2) is 44.1 Å². The number of hydrogen-bond acceptors (Lipinski definition) is 5. The Morgan fingerprint density at radius 3 is 2.77 bits per heavy atom. The van der Waals surface area contributed by atoms with Gasteiger partial charge in [-0.1, -0.05) is 68.9 Å². The SMILES string of the molecule is CC(C)(C)c1ccccc1NC(=O)CSc1nnc(-c2c[nH]c3ccccc23)n1CC1CCCO1. The topological polar surface area (TPSA) is 84.8 Å². The highest BCUT2D eigenvalue weighted by molar-refractivity contribution is 7.99. The van der Waals surface area contributed by atoms with Gasteiger partial charge in [0.05, 0.1) is 18.4 Å². The molecule has 0 spiro atoms. The quantitative estimate of drug-likeness (QED) is 0.329. The molecule has 1 aliphatic heterocycles. The van der Waals surface area contributed by atoms with Crippen molar-refractivity contribution in [2.45, 2.75) is 56.8 Å². The fraction of sp³-hybridized carbons (Fsp3) is 0.370. The van der Waals surface area contributed by atoms with Gasteiger partial charge in [-0.3, -0.25) is 9.36 Å². The van der Waals surface area contributed by atoms with Crippen molar-refractivity contribution in [2.75, 3.05) is 17.7 Å². The molecule has 2 aromatic heterocycles. The highest BCUT2D eigenvalue weighted by Crippen LogP contribution is 2.32. The normalized spacial score (nSPS) is 16.1. The Labute approximate surface area is 209 Å². The van der Waals surface area contributed by atoms with Gasteiger partial charge in [0, 0.05) is 35.0 Å². The number of fused-ring (bicyclic) bond motifs is 1. The molecule has 0 radical (unpaired) electrons. The van der Waals surface area contributed by atoms with Crippen LogP contribution >= 0.6 is 11.8 Å². The monoisotopic (exact) mass is 489 g/mol. The summed E-state index contributed by atoms with van der Waals surface area (Å²) in [5.74, 6) is 0.974. The van der Waals surface area contributed by atoms with Crippen LogP contribution in [0.2, 0.25) is 0 Å². The van der Waals surface area contributed by atoms with Gasteiger partial charge in [0.1, 0.15) is 0 Å². The molecule has 1 amide bonds. The van der Waals surface area contributed by atoms with E-state index in [1.165, 1.54) is 11.8 Å². The third kappa shape index (κ3) is 5.13. The first kappa shape index (κ1) is 23.6. The Kier molecular flexibility index (Phi) is 6.67. The molecule has 1 aliphatic rings. The predicted octanol–water partition coefficient (Wildman–Crippen LogP) is 5.63. The third-order valence-electron chi connectivity index (χ3n) is 6.30. The molecule has 3 heterocycles. The number of nitrogens with one attached hydrogen (secondary N) is 2. The van der Waals surface area contributed by atoms with Crippen molar-refractivity contribution in [3.8, 4) is 11.4 Å². The van der Waals surface area contributed by atoms with E-state index in [-0.39, 0.29) is 23.2 Å². The Bertz CT molecular complexity index is 1330. The zero-order valence-corrected chi connectivity index (χ0v) is 21.2. The summed E-state index contributed by atoms with van der Waals surface area (Å²) in [4.78, 5) is 16.2. The molecule has 2 N–H and O–H groups in total. The first-order valence-electron chi connectivity index (χ1n) is 12.0. The number of anilines is 1. The standard InChI is InChI=1S/C27H31N5O2S/c1-27(2,3)21-11-5-7-13-23(21)29-24(33)17-35-26-31-30-25(32(26)16-18-9-8-14-34-18)20-15-28-22-12-6-4-10-19(20)22/h4-7,10-13,15,18,28H,8-9,14,16-17H2,1-3H3,(H,29,33). The van der Waals surface area contributed by atoms with E-state index in [0.717, 1.165) is 58.1 Å². The third-order valence-corrected chi connectivity index (χ3v) is 7.27. The van der Waals surface area contributed by atoms with Crippen LogP contribution in [0.4, 0.5) is 5.69 Å². The molecule has 1 unspecified atom stereocenters. The van der Waals surface area contributed by atoms with Gasteiger partial charge in [-0.25, -0.2) is 0 Å². The molecule has 182 valence electrons. The lowest BCUT2D eigenvalue weighted by molar-refractivity contribution is -0.113. The first-order valence-corrected chi connectivity index (χ1v) is 13.0. The Balaban J connectivity index is 1.38. The maximum atomic E-state index is 12.9. The summed E-state index contributed by atoms with van der Waals surface area (Å²) in [6.45, 7) is 7.89. The van der Waals surface area contributed by atoms with Crippen LogP contribution in [0.1, 0.15) is 39.2 Å². The average molecular weight is 490 g/mol. The van der Waals surface area contributed by atoms with Crippen LogP contribution in [0, 0.1) is 0 Å². The van der Waals surface area contributed by atoms with E-state index in [1.807, 2.05) is 36.5 Å². The summed E-state index contributed by atoms with van der Waals surface area (Å²) in [7, 11) is 0. The lowest BCUT2D eigenvalue weighted by atomic mass is 9.86. The molecule has 0 bridgehead atoms. The Morgan fingerprint density at radius 1 is 1.17 bits per heavy atom. The van der Waals surface area contributed by atoms with E-state index < -0.39 is 0 Å². The second-order valence-electron chi connectivity index (χ2n) is 9.93. The second kappa shape index (κ2) is 9.87. The van der Waals surface area contributed by atoms with Crippen molar-refractivity contribution < 1.29 is 9.53 Å². The minimum atomic E-state index is -0.0630. The van der Waals surface area contributed by atoms with Gasteiger partial charge >= 0.3 is 0 Å². The van der Waals surface area contributed by atoms with Crippen LogP contribution < -0.4 is 5.32 Å². The van der Waals surface area contributed by atoms with E-state index in [9.17, 15) is 4.79 Å². The molecular formula is C27H31N5O2S. The zero-order valence-electron chi connectivity index (χ0n) is 20.4. The van der Waals surface area contributed by atoms with E-state index in [2.05, 4.69) is 64.0 Å². The summed E-state index contributed by atoms with van der Waals surface area (Å²) in [5.41, 5.74) is 3.96. The summed E-state index contributed by atoms with van der Waals surface area (Å²) < 4.78 is 8.02. The smallest absolute Gasteiger partial charge is 0.234 e. The minimum Gasteiger partial charge on any atom is -0.376 e. The van der Waals surface area contributed by atoms with E-state index >= 15 is 0 Å². The highest BCUT2D eigenvalue weighted by atomic mass is 32.2. The number of thioether (sulfide) groups is 1. The zero-order chi connectivity index (χ0) is 24.4. The molecule has 7 nitrogen and oxygen atoms in total. The summed E-state index contributed by atoms with van der Waals surface area (Å²) in [6.07, 6.45) is 4.18. The van der Waals surface area contributed by atoms with E-state index in [0.29, 0.717) is 6.54 Å². The fourth-order valence-corrected chi connectivity index (χ4v) is 5.32. The van der Waals surface area contributed by atoms with Crippen LogP contribution in [0.5, 0.6) is 0 Å². The van der Waals surface area contributed by atoms with Gasteiger partial charge in [-0.05, 0) is 36.0 Å². The molecular weight excluding hydrogens is 458 g/mol. The number of rotatable bonds is 7. The number of aromatic amines is 1. The number of hydrogen-bond donors (Lipinski definition) is 2. The highest BCUT2D eigenvalue weighted by Gasteiger charge is 2.24. The van der Waals surface area contributed by atoms with E-state index in [1.54, 1.807) is 0 Å². The maximum absolute atomic E-state index is 12.9. The van der Waals surface area contributed by atoms with Crippen LogP contribution in [0.3, 0.4) is 0 Å². The number of para-hydroxylation sites is 2. The summed E-state index contributed by atoms with van der Waals surface area (Å²) >= 11 is 1.41. The van der Waals surface area contributed by atoms with Crippen LogP contribution in [0.15, 0.2) is 59.9 Å². The number of carbonyl (C=O) groups is 1. The molecule has 0 aliphatic carbocycles. The lowest BCUT2D eigenvalue weighted by Crippen LogP contribution is -2.20. The second-order valence-corrected chi connectivity index (χ2v) is 10.9. The van der Waals surface area contributed by atoms with Crippen molar-refractivity contribution in [1.29, 1.82) is 0 Å². The molecule has 8 heteroatoms. The number of benzene rings is 2. The van der Waals surface area contributed by atoms with Crippen molar-refractivity contribution >= 4 is 34.3 Å². The summed E-state index contributed by atoms with van der Waals surface area (Å²) in [6, 6.07) is 16.1. The molecule has 1 fully saturated rings. The number of carbonyl (C=O) groups excluding carboxylic acids is 1. The lowest BCUT2D eigenvalue weighted by Gasteiger charge is -2.23. The van der Waals surface area contributed by atoms with Gasteiger partial charge in [0.25, 0.3) is 0 Å². The van der Waals surface area contributed by atoms with Crippen molar-refractivity contribution in [2.24, 2.45) is 0 Å². The van der Waals surface area contributed by atoms with Crippen molar-refractivity contribution in [1.82, 2.24) is 19.7 Å². The minimum absolute atomic E-state index is 0.0628. The molecule has 1 atom stereocenters. The van der Waals surface area contributed by atoms with Gasteiger partial charge < -0.3 is 15.0 Å². The number of amides is 1. The number of aromatic nitrogens is 4. The molecule has 5 rings (SSSR count). The molecule has 2 aromatic carbocycles. The number of nitrogens with zero attached hydrogens (tertiary/aromatic N) is 3. The fourth-order valence-electron chi connectivity index (χ4n) is 4.57. The number of ether oxygens (including phenoxy) is 1. The predicted molar refractivity (Wildman–Crippen MR) is 141 cm³/mol.